The molecule has 4 bridgehead atoms. The first-order chi connectivity index (χ1) is 20.9. The third kappa shape index (κ3) is 8.24. The minimum Gasteiger partial charge on any atom is -0.474 e. The number of alkyl halides is 6. The number of amides is 1. The largest absolute Gasteiger partial charge is 0.474 e. The van der Waals surface area contributed by atoms with Gasteiger partial charge >= 0.3 is 18.4 Å². The summed E-state index contributed by atoms with van der Waals surface area (Å²) in [5.74, 6) is -2.85. The lowest BCUT2D eigenvalue weighted by atomic mass is 9.89. The van der Waals surface area contributed by atoms with Crippen molar-refractivity contribution in [2.45, 2.75) is 96.6 Å². The molecule has 15 heteroatoms. The third-order valence-electron chi connectivity index (χ3n) is 7.06. The Morgan fingerprint density at radius 2 is 1.71 bits per heavy atom. The maximum atomic E-state index is 15.1. The van der Waals surface area contributed by atoms with Crippen LogP contribution in [0.1, 0.15) is 77.3 Å². The van der Waals surface area contributed by atoms with E-state index < -0.39 is 83.4 Å². The minimum atomic E-state index is -5.05. The molecular weight excluding hydrogens is 610 g/mol. The van der Waals surface area contributed by atoms with Crippen LogP contribution in [0.25, 0.3) is 11.6 Å². The number of benzene rings is 1. The molecule has 9 nitrogen and oxygen atoms in total. The van der Waals surface area contributed by atoms with Crippen LogP contribution in [0.5, 0.6) is 5.88 Å². The lowest BCUT2D eigenvalue weighted by Crippen LogP contribution is -2.45. The standard InChI is InChI=1S/C30H34F6N4O5/c1-17-11-12-18(2)43-23-20(29(31,32)33)15-21(37-26(41)45-27(3,4)5)22(38-23)24-39-40-25(44-24)28(14-13-17,30(34,35)36)42-16-19-9-7-6-8-10-19/h6-10,15,17-18H,11-14,16H2,1-5H3,(H,37,41)/t17?,18-,28-/m1/s1. The second-order valence-electron chi connectivity index (χ2n) is 12.0. The van der Waals surface area contributed by atoms with Crippen molar-refractivity contribution in [1.29, 1.82) is 0 Å². The Bertz CT molecular complexity index is 1470. The highest BCUT2D eigenvalue weighted by atomic mass is 19.4. The zero-order chi connectivity index (χ0) is 33.2. The predicted molar refractivity (Wildman–Crippen MR) is 149 cm³/mol. The van der Waals surface area contributed by atoms with Crippen molar-refractivity contribution in [3.05, 3.63) is 53.4 Å². The molecule has 1 aromatic carbocycles. The van der Waals surface area contributed by atoms with Gasteiger partial charge in [0.15, 0.2) is 5.69 Å². The fraction of sp³-hybridized carbons (Fsp3) is 0.533. The second-order valence-corrected chi connectivity index (χ2v) is 12.0. The molecule has 3 atom stereocenters. The first kappa shape index (κ1) is 34.0. The molecule has 0 saturated heterocycles. The summed E-state index contributed by atoms with van der Waals surface area (Å²) in [7, 11) is 0. The number of hydrogen-bond donors (Lipinski definition) is 1. The van der Waals surface area contributed by atoms with Crippen LogP contribution in [0, 0.1) is 5.92 Å². The SMILES string of the molecule is CC1CC[C@@H](C)Oc2nc(c(NC(=O)OC(C)(C)C)cc2C(F)(F)F)-c2nnc(o2)[C@@](OCc2ccccc2)(C(F)(F)F)CC1. The van der Waals surface area contributed by atoms with Crippen LogP contribution >= 0.6 is 0 Å². The fourth-order valence-corrected chi connectivity index (χ4v) is 4.67. The van der Waals surface area contributed by atoms with Crippen molar-refractivity contribution in [3.8, 4) is 17.5 Å². The van der Waals surface area contributed by atoms with E-state index in [1.165, 1.54) is 27.7 Å². The third-order valence-corrected chi connectivity index (χ3v) is 7.06. The first-order valence-corrected chi connectivity index (χ1v) is 14.3. The number of fused-ring (bicyclic) bond motifs is 5. The molecule has 246 valence electrons. The fourth-order valence-electron chi connectivity index (χ4n) is 4.67. The Morgan fingerprint density at radius 3 is 2.33 bits per heavy atom. The Morgan fingerprint density at radius 1 is 1.02 bits per heavy atom. The number of rotatable bonds is 4. The number of ether oxygens (including phenoxy) is 3. The van der Waals surface area contributed by atoms with Crippen LogP contribution in [-0.2, 0) is 27.9 Å². The molecular formula is C30H34F6N4O5. The summed E-state index contributed by atoms with van der Waals surface area (Å²) in [5.41, 5.74) is -6.14. The van der Waals surface area contributed by atoms with Crippen molar-refractivity contribution in [1.82, 2.24) is 15.2 Å². The number of carbonyl (C=O) groups excluding carboxylic acids is 1. The predicted octanol–water partition coefficient (Wildman–Crippen LogP) is 8.45. The summed E-state index contributed by atoms with van der Waals surface area (Å²) in [6.07, 6.45) is -12.0. The van der Waals surface area contributed by atoms with Gasteiger partial charge in [0.05, 0.1) is 18.4 Å². The summed E-state index contributed by atoms with van der Waals surface area (Å²) in [6.45, 7) is 7.41. The maximum Gasteiger partial charge on any atom is 0.426 e. The van der Waals surface area contributed by atoms with Gasteiger partial charge in [-0.05, 0) is 70.9 Å². The van der Waals surface area contributed by atoms with E-state index in [0.717, 1.165) is 0 Å². The van der Waals surface area contributed by atoms with E-state index in [4.69, 9.17) is 18.6 Å². The van der Waals surface area contributed by atoms with E-state index in [1.54, 1.807) is 37.3 Å². The molecule has 45 heavy (non-hydrogen) atoms. The quantitative estimate of drug-likeness (QED) is 0.282. The number of hydrogen-bond acceptors (Lipinski definition) is 8. The Balaban J connectivity index is 1.91. The van der Waals surface area contributed by atoms with E-state index >= 15 is 13.2 Å². The molecule has 1 aliphatic rings. The topological polar surface area (TPSA) is 109 Å². The molecule has 4 rings (SSSR count). The molecule has 0 radical (unpaired) electrons. The average Bonchev–Trinajstić information content (AvgIpc) is 3.41. The average molecular weight is 645 g/mol. The van der Waals surface area contributed by atoms with E-state index in [2.05, 4.69) is 20.5 Å². The molecule has 3 heterocycles. The molecule has 0 saturated carbocycles. The smallest absolute Gasteiger partial charge is 0.426 e. The van der Waals surface area contributed by atoms with Crippen molar-refractivity contribution in [2.75, 3.05) is 5.32 Å². The van der Waals surface area contributed by atoms with E-state index in [9.17, 15) is 18.0 Å². The second kappa shape index (κ2) is 12.9. The molecule has 0 aliphatic carbocycles. The van der Waals surface area contributed by atoms with Crippen molar-refractivity contribution in [2.24, 2.45) is 5.92 Å². The Labute approximate surface area is 255 Å². The van der Waals surface area contributed by atoms with E-state index in [-0.39, 0.29) is 18.8 Å². The normalized spacial score (nSPS) is 21.4. The highest BCUT2D eigenvalue weighted by Gasteiger charge is 2.61. The zero-order valence-electron chi connectivity index (χ0n) is 25.3. The van der Waals surface area contributed by atoms with Crippen LogP contribution in [0.3, 0.4) is 0 Å². The number of anilines is 1. The first-order valence-electron chi connectivity index (χ1n) is 14.3. The number of nitrogens with zero attached hydrogens (tertiary/aromatic N) is 3. The molecule has 1 N–H and O–H groups in total. The zero-order valence-corrected chi connectivity index (χ0v) is 25.3. The summed E-state index contributed by atoms with van der Waals surface area (Å²) >= 11 is 0. The van der Waals surface area contributed by atoms with Crippen LogP contribution in [-0.4, -0.2) is 39.2 Å². The van der Waals surface area contributed by atoms with Crippen LogP contribution in [0.2, 0.25) is 0 Å². The Kier molecular flexibility index (Phi) is 9.71. The molecule has 1 aliphatic heterocycles. The van der Waals surface area contributed by atoms with Gasteiger partial charge in [-0.1, -0.05) is 37.3 Å². The summed E-state index contributed by atoms with van der Waals surface area (Å²) < 4.78 is 110. The van der Waals surface area contributed by atoms with Gasteiger partial charge in [0, 0.05) is 0 Å². The van der Waals surface area contributed by atoms with Gasteiger partial charge in [0.2, 0.25) is 11.5 Å². The van der Waals surface area contributed by atoms with E-state index in [1.807, 2.05) is 0 Å². The lowest BCUT2D eigenvalue weighted by Gasteiger charge is -2.33. The number of pyridine rings is 1. The van der Waals surface area contributed by atoms with Crippen molar-refractivity contribution < 1.29 is 49.8 Å². The molecule has 2 aromatic heterocycles. The van der Waals surface area contributed by atoms with Crippen LogP contribution in [0.4, 0.5) is 36.8 Å². The van der Waals surface area contributed by atoms with Gasteiger partial charge in [-0.3, -0.25) is 5.32 Å². The van der Waals surface area contributed by atoms with Crippen LogP contribution < -0.4 is 10.1 Å². The number of aromatic nitrogens is 3. The maximum absolute atomic E-state index is 15.1. The van der Waals surface area contributed by atoms with E-state index in [0.29, 0.717) is 18.1 Å². The summed E-state index contributed by atoms with van der Waals surface area (Å²) in [6, 6.07) is 8.73. The van der Waals surface area contributed by atoms with Crippen molar-refractivity contribution >= 4 is 11.8 Å². The highest BCUT2D eigenvalue weighted by molar-refractivity contribution is 5.89. The van der Waals surface area contributed by atoms with Gasteiger partial charge in [0.1, 0.15) is 11.2 Å². The lowest BCUT2D eigenvalue weighted by molar-refractivity contribution is -0.300. The van der Waals surface area contributed by atoms with Gasteiger partial charge in [-0.15, -0.1) is 10.2 Å². The van der Waals surface area contributed by atoms with Gasteiger partial charge in [-0.2, -0.15) is 26.3 Å². The number of nitrogens with one attached hydrogen (secondary N) is 1. The molecule has 3 aromatic rings. The minimum absolute atomic E-state index is 0.00152. The number of carbonyl (C=O) groups is 1. The molecule has 0 fully saturated rings. The molecule has 1 amide bonds. The van der Waals surface area contributed by atoms with Gasteiger partial charge in [0.25, 0.3) is 11.8 Å². The molecule has 1 unspecified atom stereocenters. The van der Waals surface area contributed by atoms with Gasteiger partial charge < -0.3 is 18.6 Å². The monoisotopic (exact) mass is 644 g/mol. The summed E-state index contributed by atoms with van der Waals surface area (Å²) in [5, 5.41) is 9.59. The molecule has 0 spiro atoms. The van der Waals surface area contributed by atoms with Crippen molar-refractivity contribution in [3.63, 3.8) is 0 Å². The summed E-state index contributed by atoms with van der Waals surface area (Å²) in [4.78, 5) is 16.6. The Hall–Kier alpha value is -3.88. The highest BCUT2D eigenvalue weighted by Crippen LogP contribution is 2.48. The van der Waals surface area contributed by atoms with Gasteiger partial charge in [-0.25, -0.2) is 9.78 Å². The number of halogens is 6. The van der Waals surface area contributed by atoms with Crippen LogP contribution in [0.15, 0.2) is 40.8 Å².